The molecule has 1 saturated heterocycles. The van der Waals surface area contributed by atoms with E-state index in [4.69, 9.17) is 0 Å². The number of unbranched alkanes of at least 4 members (excludes halogenated alkanes) is 9. The molecule has 0 radical (unpaired) electrons. The van der Waals surface area contributed by atoms with Crippen LogP contribution in [0.2, 0.25) is 0 Å². The third-order valence-corrected chi connectivity index (χ3v) is 5.04. The van der Waals surface area contributed by atoms with Crippen LogP contribution < -0.4 is 16.0 Å². The summed E-state index contributed by atoms with van der Waals surface area (Å²) in [5, 5.41) is 10.8. The molecule has 1 heterocycles. The molecular weight excluding hydrogens is 296 g/mol. The molecule has 0 aromatic rings. The monoisotopic (exact) mass is 340 g/mol. The molecule has 1 aliphatic heterocycles. The summed E-state index contributed by atoms with van der Waals surface area (Å²) in [6.45, 7) is 4.41. The normalized spacial score (nSPS) is 21.5. The molecule has 1 rings (SSSR count). The van der Waals surface area contributed by atoms with E-state index in [1.807, 2.05) is 0 Å². The maximum absolute atomic E-state index is 3.72. The fourth-order valence-electron chi connectivity index (χ4n) is 3.48. The van der Waals surface area contributed by atoms with E-state index in [0.29, 0.717) is 12.3 Å². The summed E-state index contributed by atoms with van der Waals surface area (Å²) in [5.74, 6) is 0. The number of nitrogens with one attached hydrogen (secondary N) is 3. The van der Waals surface area contributed by atoms with E-state index in [9.17, 15) is 0 Å². The lowest BCUT2D eigenvalue weighted by molar-refractivity contribution is 0.229. The fraction of sp³-hybridized carbons (Fsp3) is 1.00. The topological polar surface area (TPSA) is 39.3 Å². The van der Waals surface area contributed by atoms with E-state index in [2.05, 4.69) is 41.9 Å². The van der Waals surface area contributed by atoms with Gasteiger partial charge in [0.15, 0.2) is 0 Å². The van der Waals surface area contributed by atoms with Crippen molar-refractivity contribution >= 4 is 0 Å². The van der Waals surface area contributed by atoms with Gasteiger partial charge in [-0.2, -0.15) is 0 Å². The molecule has 2 atom stereocenters. The summed E-state index contributed by atoms with van der Waals surface area (Å²) >= 11 is 0. The van der Waals surface area contributed by atoms with Gasteiger partial charge in [0.05, 0.1) is 12.3 Å². The van der Waals surface area contributed by atoms with Crippen LogP contribution in [-0.2, 0) is 0 Å². The summed E-state index contributed by atoms with van der Waals surface area (Å²) in [7, 11) is 4.30. The Kier molecular flexibility index (Phi) is 13.8. The van der Waals surface area contributed by atoms with Gasteiger partial charge < -0.3 is 4.90 Å². The summed E-state index contributed by atoms with van der Waals surface area (Å²) in [6.07, 6.45) is 18.9. The molecule has 0 aliphatic carbocycles. The molecule has 24 heavy (non-hydrogen) atoms. The van der Waals surface area contributed by atoms with Crippen molar-refractivity contribution < 1.29 is 0 Å². The van der Waals surface area contributed by atoms with E-state index < -0.39 is 0 Å². The zero-order valence-electron chi connectivity index (χ0n) is 16.7. The van der Waals surface area contributed by atoms with Gasteiger partial charge in [-0.15, -0.1) is 0 Å². The Morgan fingerprint density at radius 1 is 0.708 bits per heavy atom. The first-order valence-corrected chi connectivity index (χ1v) is 10.6. The molecular formula is C20H44N4. The van der Waals surface area contributed by atoms with Gasteiger partial charge in [-0.25, -0.2) is 0 Å². The van der Waals surface area contributed by atoms with E-state index in [0.717, 1.165) is 6.67 Å². The van der Waals surface area contributed by atoms with Crippen molar-refractivity contribution in [3.05, 3.63) is 0 Å². The van der Waals surface area contributed by atoms with Crippen molar-refractivity contribution in [3.63, 3.8) is 0 Å². The van der Waals surface area contributed by atoms with Crippen molar-refractivity contribution in [1.82, 2.24) is 20.9 Å². The molecule has 0 aromatic carbocycles. The van der Waals surface area contributed by atoms with E-state index >= 15 is 0 Å². The number of rotatable bonds is 15. The third kappa shape index (κ3) is 12.2. The minimum Gasteiger partial charge on any atom is -0.309 e. The van der Waals surface area contributed by atoms with Crippen LogP contribution in [0.4, 0.5) is 0 Å². The maximum Gasteiger partial charge on any atom is 0.0593 e. The van der Waals surface area contributed by atoms with Gasteiger partial charge in [0.1, 0.15) is 0 Å². The van der Waals surface area contributed by atoms with E-state index in [1.165, 1.54) is 90.0 Å². The van der Waals surface area contributed by atoms with Gasteiger partial charge in [0.25, 0.3) is 0 Å². The second-order valence-electron chi connectivity index (χ2n) is 7.77. The van der Waals surface area contributed by atoms with Gasteiger partial charge in [0.2, 0.25) is 0 Å². The minimum atomic E-state index is 0.485. The van der Waals surface area contributed by atoms with E-state index in [1.54, 1.807) is 0 Å². The third-order valence-electron chi connectivity index (χ3n) is 5.04. The average Bonchev–Trinajstić information content (AvgIpc) is 2.57. The summed E-state index contributed by atoms with van der Waals surface area (Å²) in [4.78, 5) is 2.27. The van der Waals surface area contributed by atoms with Gasteiger partial charge in [-0.3, -0.25) is 16.0 Å². The first-order chi connectivity index (χ1) is 11.7. The van der Waals surface area contributed by atoms with Crippen molar-refractivity contribution in [3.8, 4) is 0 Å². The highest BCUT2D eigenvalue weighted by Crippen LogP contribution is 2.12. The van der Waals surface area contributed by atoms with Crippen LogP contribution in [0, 0.1) is 0 Å². The Hall–Kier alpha value is -0.160. The van der Waals surface area contributed by atoms with E-state index in [-0.39, 0.29) is 0 Å². The SMILES string of the molecule is CCCCCCCCCCCCC1NCNC(CCCN(C)C)N1. The maximum atomic E-state index is 3.72. The second-order valence-corrected chi connectivity index (χ2v) is 7.77. The molecule has 0 aromatic heterocycles. The zero-order chi connectivity index (χ0) is 17.5. The largest absolute Gasteiger partial charge is 0.309 e. The number of nitrogens with zero attached hydrogens (tertiary/aromatic N) is 1. The first-order valence-electron chi connectivity index (χ1n) is 10.6. The molecule has 0 saturated carbocycles. The minimum absolute atomic E-state index is 0.485. The molecule has 2 unspecified atom stereocenters. The summed E-state index contributed by atoms with van der Waals surface area (Å²) < 4.78 is 0. The van der Waals surface area contributed by atoms with Crippen LogP contribution in [0.15, 0.2) is 0 Å². The molecule has 1 aliphatic rings. The van der Waals surface area contributed by atoms with Crippen molar-refractivity contribution in [2.45, 2.75) is 103 Å². The summed E-state index contributed by atoms with van der Waals surface area (Å²) in [6, 6.07) is 0. The quantitative estimate of drug-likeness (QED) is 0.394. The van der Waals surface area contributed by atoms with Gasteiger partial charge in [-0.05, 0) is 39.9 Å². The molecule has 0 spiro atoms. The predicted octanol–water partition coefficient (Wildman–Crippen LogP) is 4.03. The van der Waals surface area contributed by atoms with Crippen LogP contribution in [0.5, 0.6) is 0 Å². The number of hydrogen-bond donors (Lipinski definition) is 3. The molecule has 3 N–H and O–H groups in total. The Bertz CT molecular complexity index is 270. The van der Waals surface area contributed by atoms with Crippen LogP contribution >= 0.6 is 0 Å². The average molecular weight is 341 g/mol. The second kappa shape index (κ2) is 15.1. The smallest absolute Gasteiger partial charge is 0.0593 e. The lowest BCUT2D eigenvalue weighted by atomic mass is 10.1. The van der Waals surface area contributed by atoms with Crippen LogP contribution in [0.25, 0.3) is 0 Å². The lowest BCUT2D eigenvalue weighted by Crippen LogP contribution is -2.61. The Balaban J connectivity index is 1.91. The van der Waals surface area contributed by atoms with Crippen molar-refractivity contribution in [2.75, 3.05) is 27.3 Å². The Morgan fingerprint density at radius 3 is 1.75 bits per heavy atom. The first kappa shape index (κ1) is 21.9. The molecule has 4 nitrogen and oxygen atoms in total. The highest BCUT2D eigenvalue weighted by Gasteiger charge is 2.18. The Labute approximate surface area is 151 Å². The molecule has 144 valence electrons. The fourth-order valence-corrected chi connectivity index (χ4v) is 3.48. The molecule has 1 fully saturated rings. The van der Waals surface area contributed by atoms with Crippen LogP contribution in [0.3, 0.4) is 0 Å². The summed E-state index contributed by atoms with van der Waals surface area (Å²) in [5.41, 5.74) is 0. The zero-order valence-corrected chi connectivity index (χ0v) is 16.7. The Morgan fingerprint density at radius 2 is 1.21 bits per heavy atom. The van der Waals surface area contributed by atoms with Gasteiger partial charge in [0, 0.05) is 6.67 Å². The van der Waals surface area contributed by atoms with Crippen molar-refractivity contribution in [2.24, 2.45) is 0 Å². The van der Waals surface area contributed by atoms with Crippen LogP contribution in [0.1, 0.15) is 90.4 Å². The lowest BCUT2D eigenvalue weighted by Gasteiger charge is -2.33. The van der Waals surface area contributed by atoms with Gasteiger partial charge >= 0.3 is 0 Å². The highest BCUT2D eigenvalue weighted by atomic mass is 15.3. The van der Waals surface area contributed by atoms with Crippen molar-refractivity contribution in [1.29, 1.82) is 0 Å². The molecule has 4 heteroatoms. The van der Waals surface area contributed by atoms with Crippen LogP contribution in [-0.4, -0.2) is 44.5 Å². The van der Waals surface area contributed by atoms with Gasteiger partial charge in [-0.1, -0.05) is 71.1 Å². The predicted molar refractivity (Wildman–Crippen MR) is 106 cm³/mol. The highest BCUT2D eigenvalue weighted by molar-refractivity contribution is 4.76. The molecule has 0 bridgehead atoms. The number of hydrogen-bond acceptors (Lipinski definition) is 4. The standard InChI is InChI=1S/C20H44N4/c1-4-5-6-7-8-9-10-11-12-13-15-19-21-18-22-20(23-19)16-14-17-24(2)3/h19-23H,4-18H2,1-3H3. The molecule has 0 amide bonds.